The second kappa shape index (κ2) is 5.97. The highest BCUT2D eigenvalue weighted by Gasteiger charge is 2.05. The number of esters is 1. The SMILES string of the molecule is COCCCOC(=O)Cn1cnc(N)n1. The Labute approximate surface area is 87.2 Å². The fraction of sp³-hybridized carbons (Fsp3) is 0.625. The minimum Gasteiger partial charge on any atom is -0.464 e. The van der Waals surface area contributed by atoms with Gasteiger partial charge >= 0.3 is 5.97 Å². The summed E-state index contributed by atoms with van der Waals surface area (Å²) in [7, 11) is 1.60. The fourth-order valence-corrected chi connectivity index (χ4v) is 0.952. The van der Waals surface area contributed by atoms with Crippen molar-refractivity contribution in [3.8, 4) is 0 Å². The van der Waals surface area contributed by atoms with Gasteiger partial charge < -0.3 is 15.2 Å². The van der Waals surface area contributed by atoms with Crippen LogP contribution >= 0.6 is 0 Å². The molecular weight excluding hydrogens is 200 g/mol. The summed E-state index contributed by atoms with van der Waals surface area (Å²) in [6, 6.07) is 0. The van der Waals surface area contributed by atoms with Crippen molar-refractivity contribution in [1.82, 2.24) is 14.8 Å². The van der Waals surface area contributed by atoms with E-state index in [9.17, 15) is 4.79 Å². The first kappa shape index (κ1) is 11.4. The van der Waals surface area contributed by atoms with Gasteiger partial charge in [0.1, 0.15) is 12.9 Å². The molecule has 1 rings (SSSR count). The lowest BCUT2D eigenvalue weighted by molar-refractivity contribution is -0.144. The van der Waals surface area contributed by atoms with Gasteiger partial charge in [-0.1, -0.05) is 0 Å². The molecule has 7 nitrogen and oxygen atoms in total. The third kappa shape index (κ3) is 4.41. The normalized spacial score (nSPS) is 10.2. The molecule has 0 aliphatic heterocycles. The molecule has 0 saturated heterocycles. The predicted molar refractivity (Wildman–Crippen MR) is 51.9 cm³/mol. The number of hydrogen-bond donors (Lipinski definition) is 1. The molecule has 7 heteroatoms. The zero-order valence-electron chi connectivity index (χ0n) is 8.55. The molecule has 0 bridgehead atoms. The maximum atomic E-state index is 11.2. The van der Waals surface area contributed by atoms with E-state index in [0.29, 0.717) is 19.6 Å². The van der Waals surface area contributed by atoms with Crippen molar-refractivity contribution in [2.24, 2.45) is 0 Å². The largest absolute Gasteiger partial charge is 0.464 e. The molecule has 1 aromatic heterocycles. The molecule has 0 amide bonds. The lowest BCUT2D eigenvalue weighted by Crippen LogP contribution is -2.15. The molecule has 0 radical (unpaired) electrons. The van der Waals surface area contributed by atoms with Crippen molar-refractivity contribution in [2.75, 3.05) is 26.1 Å². The molecule has 1 aromatic rings. The number of rotatable bonds is 6. The quantitative estimate of drug-likeness (QED) is 0.504. The van der Waals surface area contributed by atoms with Crippen molar-refractivity contribution in [3.05, 3.63) is 6.33 Å². The summed E-state index contributed by atoms with van der Waals surface area (Å²) in [5.74, 6) is -0.224. The zero-order chi connectivity index (χ0) is 11.1. The fourth-order valence-electron chi connectivity index (χ4n) is 0.952. The molecule has 0 saturated carbocycles. The Morgan fingerprint density at radius 1 is 1.60 bits per heavy atom. The van der Waals surface area contributed by atoms with E-state index < -0.39 is 0 Å². The first-order valence-electron chi connectivity index (χ1n) is 4.52. The minimum absolute atomic E-state index is 0.0250. The number of nitrogens with two attached hydrogens (primary N) is 1. The monoisotopic (exact) mass is 214 g/mol. The van der Waals surface area contributed by atoms with Crippen LogP contribution in [-0.4, -0.2) is 41.1 Å². The van der Waals surface area contributed by atoms with Crippen LogP contribution < -0.4 is 5.73 Å². The Bertz CT molecular complexity index is 313. The summed E-state index contributed by atoms with van der Waals surface area (Å²) in [5, 5.41) is 3.75. The average molecular weight is 214 g/mol. The van der Waals surface area contributed by atoms with Crippen LogP contribution in [0.5, 0.6) is 0 Å². The number of carbonyl (C=O) groups is 1. The minimum atomic E-state index is -0.365. The average Bonchev–Trinajstić information content (AvgIpc) is 2.59. The molecule has 0 atom stereocenters. The summed E-state index contributed by atoms with van der Waals surface area (Å²) >= 11 is 0. The second-order valence-electron chi connectivity index (χ2n) is 2.87. The topological polar surface area (TPSA) is 92.3 Å². The number of anilines is 1. The Morgan fingerprint density at radius 3 is 3.00 bits per heavy atom. The Kier molecular flexibility index (Phi) is 4.55. The van der Waals surface area contributed by atoms with Crippen LogP contribution in [0.15, 0.2) is 6.33 Å². The molecule has 0 unspecified atom stereocenters. The lowest BCUT2D eigenvalue weighted by atomic mass is 10.5. The number of nitrogens with zero attached hydrogens (tertiary/aromatic N) is 3. The van der Waals surface area contributed by atoms with Crippen molar-refractivity contribution in [2.45, 2.75) is 13.0 Å². The molecule has 1 heterocycles. The highest BCUT2D eigenvalue weighted by Crippen LogP contribution is 1.92. The van der Waals surface area contributed by atoms with Gasteiger partial charge in [0.25, 0.3) is 0 Å². The Morgan fingerprint density at radius 2 is 2.40 bits per heavy atom. The maximum Gasteiger partial charge on any atom is 0.327 e. The van der Waals surface area contributed by atoms with E-state index in [-0.39, 0.29) is 18.5 Å². The van der Waals surface area contributed by atoms with E-state index in [0.717, 1.165) is 0 Å². The first-order valence-corrected chi connectivity index (χ1v) is 4.52. The molecule has 0 fully saturated rings. The van der Waals surface area contributed by atoms with Gasteiger partial charge in [0, 0.05) is 20.1 Å². The highest BCUT2D eigenvalue weighted by molar-refractivity contribution is 5.68. The molecule has 0 aliphatic rings. The van der Waals surface area contributed by atoms with Gasteiger partial charge in [0.2, 0.25) is 5.95 Å². The van der Waals surface area contributed by atoms with Crippen LogP contribution in [0.3, 0.4) is 0 Å². The van der Waals surface area contributed by atoms with E-state index in [1.165, 1.54) is 11.0 Å². The Hall–Kier alpha value is -1.63. The van der Waals surface area contributed by atoms with Crippen LogP contribution in [0.2, 0.25) is 0 Å². The number of methoxy groups -OCH3 is 1. The van der Waals surface area contributed by atoms with Crippen LogP contribution in [0.4, 0.5) is 5.95 Å². The number of nitrogen functional groups attached to an aromatic ring is 1. The van der Waals surface area contributed by atoms with Crippen molar-refractivity contribution in [3.63, 3.8) is 0 Å². The van der Waals surface area contributed by atoms with Crippen LogP contribution in [0, 0.1) is 0 Å². The maximum absolute atomic E-state index is 11.2. The van der Waals surface area contributed by atoms with Crippen LogP contribution in [0.1, 0.15) is 6.42 Å². The van der Waals surface area contributed by atoms with Gasteiger partial charge in [-0.3, -0.25) is 4.79 Å². The summed E-state index contributed by atoms with van der Waals surface area (Å²) in [6.07, 6.45) is 2.06. The van der Waals surface area contributed by atoms with E-state index >= 15 is 0 Å². The number of hydrogen-bond acceptors (Lipinski definition) is 6. The summed E-state index contributed by atoms with van der Waals surface area (Å²) < 4.78 is 11.0. The molecule has 0 aromatic carbocycles. The summed E-state index contributed by atoms with van der Waals surface area (Å²) in [5.41, 5.74) is 5.28. The smallest absolute Gasteiger partial charge is 0.327 e. The molecule has 84 valence electrons. The van der Waals surface area contributed by atoms with Gasteiger partial charge in [0.05, 0.1) is 6.61 Å². The van der Waals surface area contributed by atoms with Gasteiger partial charge in [-0.15, -0.1) is 5.10 Å². The van der Waals surface area contributed by atoms with E-state index in [1.807, 2.05) is 0 Å². The van der Waals surface area contributed by atoms with Gasteiger partial charge in [-0.2, -0.15) is 0 Å². The third-order valence-electron chi connectivity index (χ3n) is 1.60. The van der Waals surface area contributed by atoms with Crippen molar-refractivity contribution in [1.29, 1.82) is 0 Å². The zero-order valence-corrected chi connectivity index (χ0v) is 8.55. The van der Waals surface area contributed by atoms with Crippen LogP contribution in [-0.2, 0) is 20.8 Å². The number of aromatic nitrogens is 3. The number of ether oxygens (including phenoxy) is 2. The molecule has 0 aliphatic carbocycles. The van der Waals surface area contributed by atoms with E-state index in [1.54, 1.807) is 7.11 Å². The molecule has 0 spiro atoms. The third-order valence-corrected chi connectivity index (χ3v) is 1.60. The molecular formula is C8H14N4O3. The molecule has 2 N–H and O–H groups in total. The lowest BCUT2D eigenvalue weighted by Gasteiger charge is -2.03. The summed E-state index contributed by atoms with van der Waals surface area (Å²) in [6.45, 7) is 0.942. The van der Waals surface area contributed by atoms with Gasteiger partial charge in [0.15, 0.2) is 0 Å². The van der Waals surface area contributed by atoms with Crippen molar-refractivity contribution >= 4 is 11.9 Å². The van der Waals surface area contributed by atoms with E-state index in [4.69, 9.17) is 15.2 Å². The second-order valence-corrected chi connectivity index (χ2v) is 2.87. The van der Waals surface area contributed by atoms with Gasteiger partial charge in [-0.25, -0.2) is 9.67 Å². The first-order chi connectivity index (χ1) is 7.22. The number of carbonyl (C=O) groups excluding carboxylic acids is 1. The summed E-state index contributed by atoms with van der Waals surface area (Å²) in [4.78, 5) is 14.9. The molecule has 15 heavy (non-hydrogen) atoms. The predicted octanol–water partition coefficient (Wildman–Crippen LogP) is -0.560. The van der Waals surface area contributed by atoms with Crippen LogP contribution in [0.25, 0.3) is 0 Å². The Balaban J connectivity index is 2.18. The van der Waals surface area contributed by atoms with Gasteiger partial charge in [-0.05, 0) is 0 Å². The van der Waals surface area contributed by atoms with E-state index in [2.05, 4.69) is 10.1 Å². The van der Waals surface area contributed by atoms with Crippen molar-refractivity contribution < 1.29 is 14.3 Å². The standard InChI is InChI=1S/C8H14N4O3/c1-14-3-2-4-15-7(13)5-12-6-10-8(9)11-12/h6H,2-5H2,1H3,(H2,9,11). The highest BCUT2D eigenvalue weighted by atomic mass is 16.5.